The number of hydrogen-bond acceptors (Lipinski definition) is 7. The number of nitrogens with zero attached hydrogens (tertiary/aromatic N) is 1. The number of hydrogen-bond donors (Lipinski definition) is 0. The van der Waals surface area contributed by atoms with Crippen LogP contribution in [0.3, 0.4) is 0 Å². The largest absolute Gasteiger partial charge is 0.345 e. The summed E-state index contributed by atoms with van der Waals surface area (Å²) in [5, 5.41) is 0. The minimum Gasteiger partial charge on any atom is -0.345 e. The summed E-state index contributed by atoms with van der Waals surface area (Å²) < 4.78 is 15.5. The fourth-order valence-corrected chi connectivity index (χ4v) is 3.50. The van der Waals surface area contributed by atoms with Gasteiger partial charge in [-0.1, -0.05) is 0 Å². The van der Waals surface area contributed by atoms with E-state index < -0.39 is 0 Å². The molecule has 0 unspecified atom stereocenters. The molecule has 0 saturated carbocycles. The Morgan fingerprint density at radius 2 is 1.50 bits per heavy atom. The van der Waals surface area contributed by atoms with Gasteiger partial charge in [0.05, 0.1) is 36.0 Å². The van der Waals surface area contributed by atoms with E-state index in [0.717, 1.165) is 20.2 Å². The number of likely N-dealkylation sites (N-methyl/N-ethyl adjacent to an activating group) is 1. The van der Waals surface area contributed by atoms with Gasteiger partial charge in [-0.25, -0.2) is 0 Å². The summed E-state index contributed by atoms with van der Waals surface area (Å²) in [6.45, 7) is 0. The van der Waals surface area contributed by atoms with E-state index in [2.05, 4.69) is 0 Å². The van der Waals surface area contributed by atoms with Gasteiger partial charge in [0.15, 0.2) is 0 Å². The molecule has 0 aromatic heterocycles. The molecule has 1 rings (SSSR count). The van der Waals surface area contributed by atoms with E-state index in [1.807, 2.05) is 12.1 Å². The van der Waals surface area contributed by atoms with Crippen molar-refractivity contribution in [1.82, 2.24) is 4.90 Å². The van der Waals surface area contributed by atoms with E-state index in [4.69, 9.17) is 12.5 Å². The first-order chi connectivity index (χ1) is 10.5. The topological polar surface area (TPSA) is 48.0 Å². The highest BCUT2D eigenvalue weighted by Crippen LogP contribution is 2.40. The minimum atomic E-state index is -0.0720. The van der Waals surface area contributed by atoms with Crippen molar-refractivity contribution < 1.29 is 17.3 Å². The minimum absolute atomic E-state index is 0.0720. The third-order valence-corrected chi connectivity index (χ3v) is 4.78. The molecule has 1 amide bonds. The molecule has 122 valence electrons. The molecule has 1 aromatic rings. The van der Waals surface area contributed by atoms with Gasteiger partial charge < -0.3 is 17.4 Å². The van der Waals surface area contributed by atoms with Crippen LogP contribution in [0.15, 0.2) is 32.9 Å². The van der Waals surface area contributed by atoms with Crippen LogP contribution >= 0.6 is 36.1 Å². The van der Waals surface area contributed by atoms with Gasteiger partial charge in [0, 0.05) is 56.3 Å². The third kappa shape index (κ3) is 5.86. The molecule has 22 heavy (non-hydrogen) atoms. The van der Waals surface area contributed by atoms with Crippen LogP contribution in [0.25, 0.3) is 6.08 Å². The molecule has 0 bridgehead atoms. The SMILES string of the molecule is COSc1cc(/C=C/C(=O)N(C)C)cc(SOC)c1SOC. The Balaban J connectivity index is 3.20. The van der Waals surface area contributed by atoms with Crippen molar-refractivity contribution in [3.05, 3.63) is 23.8 Å². The molecular formula is C14H19NO4S3. The molecule has 0 aliphatic carbocycles. The van der Waals surface area contributed by atoms with Crippen molar-refractivity contribution in [3.8, 4) is 0 Å². The summed E-state index contributed by atoms with van der Waals surface area (Å²) in [7, 11) is 8.24. The zero-order valence-corrected chi connectivity index (χ0v) is 15.6. The maximum absolute atomic E-state index is 11.7. The van der Waals surface area contributed by atoms with Gasteiger partial charge >= 0.3 is 0 Å². The lowest BCUT2D eigenvalue weighted by molar-refractivity contribution is -0.123. The molecule has 0 heterocycles. The van der Waals surface area contributed by atoms with E-state index in [1.54, 1.807) is 41.5 Å². The molecule has 0 fully saturated rings. The summed E-state index contributed by atoms with van der Waals surface area (Å²) in [5.74, 6) is -0.0720. The first kappa shape index (κ1) is 19.4. The summed E-state index contributed by atoms with van der Waals surface area (Å²) in [6, 6.07) is 3.88. The Bertz CT molecular complexity index is 508. The first-order valence-electron chi connectivity index (χ1n) is 6.22. The van der Waals surface area contributed by atoms with Gasteiger partial charge in [0.2, 0.25) is 5.91 Å². The highest BCUT2D eigenvalue weighted by Gasteiger charge is 2.14. The van der Waals surface area contributed by atoms with Gasteiger partial charge in [0.25, 0.3) is 0 Å². The van der Waals surface area contributed by atoms with Gasteiger partial charge in [0.1, 0.15) is 0 Å². The monoisotopic (exact) mass is 361 g/mol. The van der Waals surface area contributed by atoms with Crippen LogP contribution in [0.4, 0.5) is 0 Å². The van der Waals surface area contributed by atoms with Crippen molar-refractivity contribution in [2.75, 3.05) is 35.4 Å². The average Bonchev–Trinajstić information content (AvgIpc) is 2.48. The Morgan fingerprint density at radius 1 is 1.00 bits per heavy atom. The number of carbonyl (C=O) groups is 1. The number of benzene rings is 1. The molecule has 0 atom stereocenters. The number of rotatable bonds is 8. The normalized spacial score (nSPS) is 11.1. The van der Waals surface area contributed by atoms with E-state index in [9.17, 15) is 4.79 Å². The summed E-state index contributed by atoms with van der Waals surface area (Å²) >= 11 is 3.72. The lowest BCUT2D eigenvalue weighted by Crippen LogP contribution is -2.18. The highest BCUT2D eigenvalue weighted by molar-refractivity contribution is 7.99. The van der Waals surface area contributed by atoms with Gasteiger partial charge in [-0.15, -0.1) is 0 Å². The lowest BCUT2D eigenvalue weighted by atomic mass is 10.2. The molecule has 5 nitrogen and oxygen atoms in total. The van der Waals surface area contributed by atoms with E-state index >= 15 is 0 Å². The molecule has 8 heteroatoms. The molecule has 0 aliphatic heterocycles. The summed E-state index contributed by atoms with van der Waals surface area (Å²) in [4.78, 5) is 15.9. The predicted octanol–water partition coefficient (Wildman–Crippen LogP) is 3.75. The van der Waals surface area contributed by atoms with Crippen molar-refractivity contribution in [3.63, 3.8) is 0 Å². The van der Waals surface area contributed by atoms with Crippen molar-refractivity contribution in [1.29, 1.82) is 0 Å². The van der Waals surface area contributed by atoms with Crippen LogP contribution in [0.5, 0.6) is 0 Å². The lowest BCUT2D eigenvalue weighted by Gasteiger charge is -2.12. The second-order valence-corrected chi connectivity index (χ2v) is 6.95. The fourth-order valence-electron chi connectivity index (χ4n) is 1.48. The Morgan fingerprint density at radius 3 is 1.91 bits per heavy atom. The van der Waals surface area contributed by atoms with Gasteiger partial charge in [-0.05, 0) is 23.8 Å². The zero-order chi connectivity index (χ0) is 16.5. The number of carbonyl (C=O) groups excluding carboxylic acids is 1. The zero-order valence-electron chi connectivity index (χ0n) is 13.1. The first-order valence-corrected chi connectivity index (χ1v) is 8.45. The van der Waals surface area contributed by atoms with E-state index in [1.165, 1.54) is 47.1 Å². The van der Waals surface area contributed by atoms with Crippen molar-refractivity contribution >= 4 is 48.1 Å². The molecule has 0 saturated heterocycles. The highest BCUT2D eigenvalue weighted by atomic mass is 32.2. The maximum atomic E-state index is 11.7. The molecule has 0 radical (unpaired) electrons. The smallest absolute Gasteiger partial charge is 0.246 e. The van der Waals surface area contributed by atoms with Crippen LogP contribution in [0.1, 0.15) is 5.56 Å². The second-order valence-electron chi connectivity index (χ2n) is 4.16. The summed E-state index contributed by atoms with van der Waals surface area (Å²) in [6.07, 6.45) is 3.30. The molecule has 0 N–H and O–H groups in total. The van der Waals surface area contributed by atoms with Crippen LogP contribution in [-0.4, -0.2) is 46.2 Å². The fraction of sp³-hybridized carbons (Fsp3) is 0.357. The second kappa shape index (κ2) is 10.2. The Kier molecular flexibility index (Phi) is 8.99. The number of amides is 1. The van der Waals surface area contributed by atoms with Crippen molar-refractivity contribution in [2.45, 2.75) is 14.7 Å². The van der Waals surface area contributed by atoms with E-state index in [-0.39, 0.29) is 5.91 Å². The predicted molar refractivity (Wildman–Crippen MR) is 92.8 cm³/mol. The van der Waals surface area contributed by atoms with Gasteiger partial charge in [-0.2, -0.15) is 0 Å². The molecule has 1 aromatic carbocycles. The standard InChI is InChI=1S/C14H19NO4S3/c1-15(2)13(16)7-6-10-8-11(20-17-3)14(22-19-5)12(9-10)21-18-4/h6-9H,1-5H3/b7-6+. The van der Waals surface area contributed by atoms with Crippen LogP contribution < -0.4 is 0 Å². The maximum Gasteiger partial charge on any atom is 0.246 e. The average molecular weight is 362 g/mol. The van der Waals surface area contributed by atoms with Gasteiger partial charge in [-0.3, -0.25) is 4.79 Å². The van der Waals surface area contributed by atoms with E-state index in [0.29, 0.717) is 0 Å². The quantitative estimate of drug-likeness (QED) is 0.516. The summed E-state index contributed by atoms with van der Waals surface area (Å²) in [5.41, 5.74) is 0.884. The molecule has 0 spiro atoms. The molecule has 0 aliphatic rings. The molecular weight excluding hydrogens is 342 g/mol. The van der Waals surface area contributed by atoms with Crippen molar-refractivity contribution in [2.24, 2.45) is 0 Å². The third-order valence-electron chi connectivity index (χ3n) is 2.42. The Hall–Kier alpha value is -0.640. The van der Waals surface area contributed by atoms with Crippen LogP contribution in [0, 0.1) is 0 Å². The Labute approximate surface area is 144 Å². The van der Waals surface area contributed by atoms with Crippen LogP contribution in [0.2, 0.25) is 0 Å². The van der Waals surface area contributed by atoms with Crippen LogP contribution in [-0.2, 0) is 17.3 Å².